The van der Waals surface area contributed by atoms with Crippen LogP contribution in [0.3, 0.4) is 0 Å². The lowest BCUT2D eigenvalue weighted by atomic mass is 10.7. The first-order valence-electron chi connectivity index (χ1n) is 4.04. The molecule has 11 heteroatoms. The number of anilines is 1. The zero-order valence-corrected chi connectivity index (χ0v) is 8.85. The van der Waals surface area contributed by atoms with E-state index in [2.05, 4.69) is 30.8 Å². The number of rotatable bonds is 6. The molecule has 0 aromatic carbocycles. The van der Waals surface area contributed by atoms with Gasteiger partial charge in [-0.3, -0.25) is 9.88 Å². The molecule has 1 heterocycles. The van der Waals surface area contributed by atoms with E-state index >= 15 is 0 Å². The molecule has 10 nitrogen and oxygen atoms in total. The average molecular weight is 251 g/mol. The molecular formula is C5H10N5O5P. The molecule has 0 aliphatic rings. The van der Waals surface area contributed by atoms with Crippen molar-refractivity contribution < 1.29 is 24.0 Å². The third-order valence-electron chi connectivity index (χ3n) is 1.26. The number of H-pyrrole nitrogens is 1. The Hall–Kier alpha value is -1.48. The smallest absolute Gasteiger partial charge is 0.339 e. The van der Waals surface area contributed by atoms with E-state index in [0.29, 0.717) is 0 Å². The van der Waals surface area contributed by atoms with Crippen molar-refractivity contribution in [3.8, 4) is 0 Å². The summed E-state index contributed by atoms with van der Waals surface area (Å²) in [5, 5.41) is 8.10. The highest BCUT2D eigenvalue weighted by atomic mass is 31.2. The summed E-state index contributed by atoms with van der Waals surface area (Å²) in [6.45, 7) is -0.341. The van der Waals surface area contributed by atoms with Crippen LogP contribution in [0.5, 0.6) is 0 Å². The molecule has 1 rings (SSSR count). The van der Waals surface area contributed by atoms with Gasteiger partial charge in [0, 0.05) is 0 Å². The van der Waals surface area contributed by atoms with Crippen LogP contribution in [-0.2, 0) is 14.2 Å². The Balaban J connectivity index is 2.14. The molecule has 0 atom stereocenters. The number of carbonyl (C=O) groups excluding carboxylic acids is 1. The first-order chi connectivity index (χ1) is 7.47. The van der Waals surface area contributed by atoms with Crippen LogP contribution in [-0.4, -0.2) is 43.8 Å². The predicted molar refractivity (Wildman–Crippen MR) is 51.0 cm³/mol. The molecule has 0 aliphatic carbocycles. The Kier molecular flexibility index (Phi) is 4.38. The van der Waals surface area contributed by atoms with E-state index < -0.39 is 19.9 Å². The molecule has 0 amide bonds. The number of nitrogens with zero attached hydrogens (tertiary/aromatic N) is 2. The van der Waals surface area contributed by atoms with Crippen molar-refractivity contribution in [2.24, 2.45) is 0 Å². The standard InChI is InChI=1S/C5H10N5O5P/c11-4(1-6-3-16(12,13)14)15-10-5-7-2-8-9-5/h2,6H,1,3H2,(H2,12,13,14)(H2,7,8,9,10). The highest BCUT2D eigenvalue weighted by Gasteiger charge is 2.13. The van der Waals surface area contributed by atoms with Gasteiger partial charge >= 0.3 is 13.6 Å². The van der Waals surface area contributed by atoms with Gasteiger partial charge in [0.15, 0.2) is 0 Å². The molecule has 0 unspecified atom stereocenters. The first kappa shape index (κ1) is 12.6. The molecule has 0 bridgehead atoms. The molecule has 0 radical (unpaired) electrons. The third kappa shape index (κ3) is 5.41. The van der Waals surface area contributed by atoms with Crippen molar-refractivity contribution >= 4 is 19.5 Å². The first-order valence-corrected chi connectivity index (χ1v) is 5.83. The van der Waals surface area contributed by atoms with Crippen LogP contribution in [0.25, 0.3) is 0 Å². The summed E-state index contributed by atoms with van der Waals surface area (Å²) in [6.07, 6.45) is 0.618. The lowest BCUT2D eigenvalue weighted by molar-refractivity contribution is -0.139. The zero-order valence-electron chi connectivity index (χ0n) is 7.95. The summed E-state index contributed by atoms with van der Waals surface area (Å²) >= 11 is 0. The van der Waals surface area contributed by atoms with E-state index in [1.54, 1.807) is 0 Å². The van der Waals surface area contributed by atoms with E-state index in [1.807, 2.05) is 0 Å². The Labute approximate surface area is 89.5 Å². The van der Waals surface area contributed by atoms with E-state index in [0.717, 1.165) is 0 Å². The van der Waals surface area contributed by atoms with Crippen LogP contribution in [0, 0.1) is 0 Å². The van der Waals surface area contributed by atoms with Crippen LogP contribution in [0.15, 0.2) is 6.33 Å². The van der Waals surface area contributed by atoms with Gasteiger partial charge in [0.2, 0.25) is 0 Å². The second-order valence-electron chi connectivity index (χ2n) is 2.66. The summed E-state index contributed by atoms with van der Waals surface area (Å²) in [4.78, 5) is 36.0. The molecule has 1 aromatic rings. The highest BCUT2D eigenvalue weighted by Crippen LogP contribution is 2.31. The third-order valence-corrected chi connectivity index (χ3v) is 1.90. The number of carbonyl (C=O) groups is 1. The van der Waals surface area contributed by atoms with Gasteiger partial charge in [0.05, 0.1) is 12.8 Å². The van der Waals surface area contributed by atoms with Gasteiger partial charge in [0.25, 0.3) is 5.95 Å². The quantitative estimate of drug-likeness (QED) is 0.297. The lowest BCUT2D eigenvalue weighted by Crippen LogP contribution is -2.27. The minimum atomic E-state index is -4.16. The fourth-order valence-corrected chi connectivity index (χ4v) is 1.10. The normalized spacial score (nSPS) is 11.1. The molecule has 0 saturated heterocycles. The largest absolute Gasteiger partial charge is 0.345 e. The number of hydrogen-bond donors (Lipinski definition) is 5. The van der Waals surface area contributed by atoms with Crippen LogP contribution in [0.4, 0.5) is 5.95 Å². The van der Waals surface area contributed by atoms with Gasteiger partial charge in [-0.15, -0.1) is 0 Å². The number of aromatic nitrogens is 3. The van der Waals surface area contributed by atoms with Crippen molar-refractivity contribution in [2.45, 2.75) is 0 Å². The predicted octanol–water partition coefficient (Wildman–Crippen LogP) is -1.60. The summed E-state index contributed by atoms with van der Waals surface area (Å²) in [6, 6.07) is 0. The molecule has 90 valence electrons. The van der Waals surface area contributed by atoms with Crippen molar-refractivity contribution in [1.82, 2.24) is 20.5 Å². The molecule has 0 saturated carbocycles. The van der Waals surface area contributed by atoms with Crippen molar-refractivity contribution in [2.75, 3.05) is 18.3 Å². The Morgan fingerprint density at radius 2 is 2.38 bits per heavy atom. The monoisotopic (exact) mass is 251 g/mol. The minimum Gasteiger partial charge on any atom is -0.339 e. The van der Waals surface area contributed by atoms with E-state index in [9.17, 15) is 9.36 Å². The topological polar surface area (TPSA) is 149 Å². The van der Waals surface area contributed by atoms with E-state index in [-0.39, 0.29) is 12.5 Å². The van der Waals surface area contributed by atoms with Gasteiger partial charge in [-0.1, -0.05) is 0 Å². The van der Waals surface area contributed by atoms with Crippen molar-refractivity contribution in [1.29, 1.82) is 0 Å². The lowest BCUT2D eigenvalue weighted by Gasteiger charge is -2.06. The Morgan fingerprint density at radius 1 is 1.62 bits per heavy atom. The van der Waals surface area contributed by atoms with Crippen LogP contribution < -0.4 is 10.8 Å². The van der Waals surface area contributed by atoms with Crippen LogP contribution in [0.1, 0.15) is 0 Å². The van der Waals surface area contributed by atoms with Crippen LogP contribution in [0.2, 0.25) is 0 Å². The van der Waals surface area contributed by atoms with Crippen molar-refractivity contribution in [3.63, 3.8) is 0 Å². The van der Waals surface area contributed by atoms with E-state index in [4.69, 9.17) is 9.79 Å². The van der Waals surface area contributed by atoms with Gasteiger partial charge in [-0.2, -0.15) is 15.6 Å². The fraction of sp³-hybridized carbons (Fsp3) is 0.400. The fourth-order valence-electron chi connectivity index (χ4n) is 0.700. The maximum atomic E-state index is 11.0. The minimum absolute atomic E-state index is 0.142. The molecule has 0 aliphatic heterocycles. The summed E-state index contributed by atoms with van der Waals surface area (Å²) in [7, 11) is -4.16. The molecule has 5 N–H and O–H groups in total. The maximum absolute atomic E-state index is 11.0. The second-order valence-corrected chi connectivity index (χ2v) is 4.31. The van der Waals surface area contributed by atoms with Gasteiger partial charge in [-0.05, 0) is 0 Å². The molecular weight excluding hydrogens is 241 g/mol. The zero-order chi connectivity index (χ0) is 12.0. The average Bonchev–Trinajstić information content (AvgIpc) is 2.65. The summed E-state index contributed by atoms with van der Waals surface area (Å²) in [5.74, 6) is -0.604. The number of aromatic amines is 1. The second kappa shape index (κ2) is 5.56. The highest BCUT2D eigenvalue weighted by molar-refractivity contribution is 7.51. The SMILES string of the molecule is O=C(CNCP(=O)(O)O)ONc1ncn[nH]1. The molecule has 16 heavy (non-hydrogen) atoms. The summed E-state index contributed by atoms with van der Waals surface area (Å²) in [5.41, 5.74) is 2.16. The maximum Gasteiger partial charge on any atom is 0.345 e. The summed E-state index contributed by atoms with van der Waals surface area (Å²) < 4.78 is 10.4. The van der Waals surface area contributed by atoms with E-state index in [1.165, 1.54) is 6.33 Å². The van der Waals surface area contributed by atoms with Gasteiger partial charge in [-0.25, -0.2) is 9.89 Å². The van der Waals surface area contributed by atoms with Gasteiger partial charge in [0.1, 0.15) is 6.33 Å². The van der Waals surface area contributed by atoms with Crippen LogP contribution >= 0.6 is 7.60 Å². The number of nitrogens with one attached hydrogen (secondary N) is 3. The molecule has 1 aromatic heterocycles. The Morgan fingerprint density at radius 3 is 2.94 bits per heavy atom. The molecule has 0 spiro atoms. The number of hydrogen-bond acceptors (Lipinski definition) is 7. The van der Waals surface area contributed by atoms with Crippen molar-refractivity contribution in [3.05, 3.63) is 6.33 Å². The Bertz CT molecular complexity index is 375. The molecule has 0 fully saturated rings. The van der Waals surface area contributed by atoms with Gasteiger partial charge < -0.3 is 14.6 Å².